The van der Waals surface area contributed by atoms with Crippen LogP contribution in [0.25, 0.3) is 21.9 Å². The highest BCUT2D eigenvalue weighted by Gasteiger charge is 2.07. The van der Waals surface area contributed by atoms with Crippen LogP contribution in [0.15, 0.2) is 42.9 Å². The van der Waals surface area contributed by atoms with Crippen LogP contribution in [-0.2, 0) is 0 Å². The first kappa shape index (κ1) is 10.5. The summed E-state index contributed by atoms with van der Waals surface area (Å²) in [6, 6.07) is 10.3. The van der Waals surface area contributed by atoms with Crippen molar-refractivity contribution in [2.45, 2.75) is 6.92 Å². The van der Waals surface area contributed by atoms with Crippen molar-refractivity contribution >= 4 is 10.8 Å². The minimum Gasteiger partial charge on any atom is -0.366 e. The van der Waals surface area contributed by atoms with E-state index in [0.29, 0.717) is 5.69 Å². The number of H-pyrrole nitrogens is 1. The number of hydrogen-bond acceptors (Lipinski definition) is 2. The Morgan fingerprint density at radius 1 is 1.17 bits per heavy atom. The molecule has 1 aromatic carbocycles. The van der Waals surface area contributed by atoms with E-state index in [1.807, 2.05) is 25.4 Å². The Hall–Kier alpha value is -2.60. The number of pyridine rings is 1. The van der Waals surface area contributed by atoms with Gasteiger partial charge in [-0.3, -0.25) is 0 Å². The molecule has 3 aromatic rings. The Kier molecular flexibility index (Phi) is 2.35. The van der Waals surface area contributed by atoms with Crippen molar-refractivity contribution in [3.05, 3.63) is 54.1 Å². The topological polar surface area (TPSA) is 52.5 Å². The molecule has 86 valence electrons. The largest absolute Gasteiger partial charge is 0.366 e. The van der Waals surface area contributed by atoms with Crippen LogP contribution >= 0.6 is 0 Å². The van der Waals surface area contributed by atoms with Crippen molar-refractivity contribution in [3.63, 3.8) is 0 Å². The van der Waals surface area contributed by atoms with Crippen molar-refractivity contribution in [1.29, 1.82) is 5.26 Å². The summed E-state index contributed by atoms with van der Waals surface area (Å²) in [6.45, 7) is 1.93. The molecule has 2 aromatic heterocycles. The molecule has 18 heavy (non-hydrogen) atoms. The number of benzene rings is 1. The molecule has 0 bridgehead atoms. The number of nitrogens with zero attached hydrogens (tertiary/aromatic N) is 2. The van der Waals surface area contributed by atoms with Gasteiger partial charge < -0.3 is 4.98 Å². The number of aromatic amines is 1. The predicted octanol–water partition coefficient (Wildman–Crippen LogP) is 3.41. The molecule has 0 aliphatic carbocycles. The Morgan fingerprint density at radius 2 is 2.00 bits per heavy atom. The highest BCUT2D eigenvalue weighted by molar-refractivity contribution is 5.87. The van der Waals surface area contributed by atoms with Gasteiger partial charge in [0.05, 0.1) is 0 Å². The van der Waals surface area contributed by atoms with Crippen LogP contribution < -0.4 is 0 Å². The summed E-state index contributed by atoms with van der Waals surface area (Å²) in [4.78, 5) is 7.16. The van der Waals surface area contributed by atoms with E-state index in [-0.39, 0.29) is 0 Å². The van der Waals surface area contributed by atoms with Gasteiger partial charge in [-0.25, -0.2) is 4.98 Å². The maximum absolute atomic E-state index is 9.01. The third kappa shape index (κ3) is 1.56. The van der Waals surface area contributed by atoms with Gasteiger partial charge in [0, 0.05) is 18.6 Å². The normalized spacial score (nSPS) is 10.4. The highest BCUT2D eigenvalue weighted by atomic mass is 14.7. The van der Waals surface area contributed by atoms with Gasteiger partial charge in [-0.1, -0.05) is 12.1 Å². The number of fused-ring (bicyclic) bond motifs is 1. The second-order valence-corrected chi connectivity index (χ2v) is 4.24. The van der Waals surface area contributed by atoms with Gasteiger partial charge in [0.2, 0.25) is 0 Å². The van der Waals surface area contributed by atoms with Crippen LogP contribution in [-0.4, -0.2) is 9.97 Å². The van der Waals surface area contributed by atoms with Gasteiger partial charge >= 0.3 is 0 Å². The average molecular weight is 233 g/mol. The molecule has 3 rings (SSSR count). The lowest BCUT2D eigenvalue weighted by molar-refractivity contribution is 1.21. The van der Waals surface area contributed by atoms with E-state index in [2.05, 4.69) is 34.2 Å². The van der Waals surface area contributed by atoms with Gasteiger partial charge in [0.25, 0.3) is 0 Å². The smallest absolute Gasteiger partial charge is 0.143 e. The maximum Gasteiger partial charge on any atom is 0.143 e. The summed E-state index contributed by atoms with van der Waals surface area (Å²) in [5.74, 6) is 0. The van der Waals surface area contributed by atoms with E-state index in [1.165, 1.54) is 10.8 Å². The zero-order chi connectivity index (χ0) is 12.5. The quantitative estimate of drug-likeness (QED) is 0.700. The number of hydrogen-bond donors (Lipinski definition) is 1. The predicted molar refractivity (Wildman–Crippen MR) is 71.0 cm³/mol. The molecule has 3 nitrogen and oxygen atoms in total. The van der Waals surface area contributed by atoms with Gasteiger partial charge in [-0.15, -0.1) is 0 Å². The maximum atomic E-state index is 9.01. The second-order valence-electron chi connectivity index (χ2n) is 4.24. The van der Waals surface area contributed by atoms with Crippen molar-refractivity contribution in [2.75, 3.05) is 0 Å². The first-order chi connectivity index (χ1) is 8.79. The Morgan fingerprint density at radius 3 is 2.83 bits per heavy atom. The van der Waals surface area contributed by atoms with E-state index in [0.717, 1.165) is 16.7 Å². The van der Waals surface area contributed by atoms with E-state index in [4.69, 9.17) is 5.26 Å². The third-order valence-electron chi connectivity index (χ3n) is 3.19. The number of nitrogens with one attached hydrogen (secondary N) is 1. The van der Waals surface area contributed by atoms with Crippen LogP contribution in [0.4, 0.5) is 0 Å². The van der Waals surface area contributed by atoms with Gasteiger partial charge in [0.15, 0.2) is 0 Å². The van der Waals surface area contributed by atoms with Crippen LogP contribution in [0, 0.1) is 18.3 Å². The summed E-state index contributed by atoms with van der Waals surface area (Å²) in [7, 11) is 0. The van der Waals surface area contributed by atoms with Crippen LogP contribution in [0.5, 0.6) is 0 Å². The lowest BCUT2D eigenvalue weighted by atomic mass is 9.99. The molecule has 0 spiro atoms. The molecule has 1 N–H and O–H groups in total. The van der Waals surface area contributed by atoms with Gasteiger partial charge in [0.1, 0.15) is 11.8 Å². The summed E-state index contributed by atoms with van der Waals surface area (Å²) in [5.41, 5.74) is 3.58. The molecule has 0 saturated heterocycles. The van der Waals surface area contributed by atoms with Crippen molar-refractivity contribution in [3.8, 4) is 17.2 Å². The van der Waals surface area contributed by atoms with Crippen LogP contribution in [0.2, 0.25) is 0 Å². The fourth-order valence-electron chi connectivity index (χ4n) is 2.18. The Bertz CT molecular complexity index is 763. The summed E-state index contributed by atoms with van der Waals surface area (Å²) in [6.07, 6.45) is 5.63. The Labute approximate surface area is 105 Å². The first-order valence-electron chi connectivity index (χ1n) is 5.72. The monoisotopic (exact) mass is 233 g/mol. The first-order valence-corrected chi connectivity index (χ1v) is 5.72. The van der Waals surface area contributed by atoms with Crippen molar-refractivity contribution in [2.24, 2.45) is 0 Å². The number of rotatable bonds is 1. The molecule has 0 aliphatic heterocycles. The zero-order valence-electron chi connectivity index (χ0n) is 9.94. The van der Waals surface area contributed by atoms with E-state index >= 15 is 0 Å². The lowest BCUT2D eigenvalue weighted by Gasteiger charge is -2.06. The SMILES string of the molecule is Cc1c(-c2ccc3c[nH]cc3c2)ccnc1C#N. The molecule has 2 heterocycles. The molecule has 0 saturated carbocycles. The Balaban J connectivity index is 2.23. The average Bonchev–Trinajstić information content (AvgIpc) is 2.86. The fourth-order valence-corrected chi connectivity index (χ4v) is 2.18. The minimum absolute atomic E-state index is 0.488. The molecular formula is C15H11N3. The van der Waals surface area contributed by atoms with Gasteiger partial charge in [-0.05, 0) is 46.5 Å². The third-order valence-corrected chi connectivity index (χ3v) is 3.19. The van der Waals surface area contributed by atoms with Crippen molar-refractivity contribution < 1.29 is 0 Å². The molecule has 0 fully saturated rings. The molecule has 0 amide bonds. The second kappa shape index (κ2) is 4.01. The molecule has 0 unspecified atom stereocenters. The summed E-state index contributed by atoms with van der Waals surface area (Å²) >= 11 is 0. The minimum atomic E-state index is 0.488. The number of aromatic nitrogens is 2. The van der Waals surface area contributed by atoms with E-state index in [9.17, 15) is 0 Å². The molecule has 0 aliphatic rings. The fraction of sp³-hybridized carbons (Fsp3) is 0.0667. The van der Waals surface area contributed by atoms with Crippen LogP contribution in [0.3, 0.4) is 0 Å². The van der Waals surface area contributed by atoms with E-state index < -0.39 is 0 Å². The van der Waals surface area contributed by atoms with Crippen LogP contribution in [0.1, 0.15) is 11.3 Å². The summed E-state index contributed by atoms with van der Waals surface area (Å²) < 4.78 is 0. The standard InChI is InChI=1S/C15H11N3/c1-10-14(4-5-18-15(10)7-16)11-2-3-12-8-17-9-13(12)6-11/h2-6,8-9,17H,1H3. The molecule has 0 radical (unpaired) electrons. The summed E-state index contributed by atoms with van der Waals surface area (Å²) in [5, 5.41) is 11.4. The van der Waals surface area contributed by atoms with E-state index in [1.54, 1.807) is 6.20 Å². The number of nitriles is 1. The van der Waals surface area contributed by atoms with Crippen molar-refractivity contribution in [1.82, 2.24) is 9.97 Å². The zero-order valence-corrected chi connectivity index (χ0v) is 9.94. The molecule has 3 heteroatoms. The molecule has 0 atom stereocenters. The lowest BCUT2D eigenvalue weighted by Crippen LogP contribution is -1.91. The highest BCUT2D eigenvalue weighted by Crippen LogP contribution is 2.27. The van der Waals surface area contributed by atoms with Gasteiger partial charge in [-0.2, -0.15) is 5.26 Å². The molecular weight excluding hydrogens is 222 g/mol.